The first-order chi connectivity index (χ1) is 9.79. The van der Waals surface area contributed by atoms with Gasteiger partial charge in [-0.05, 0) is 18.1 Å². The molecule has 2 heterocycles. The number of nitrogens with zero attached hydrogens (tertiary/aromatic N) is 2. The molecule has 1 aliphatic rings. The third-order valence-electron chi connectivity index (χ3n) is 3.20. The van der Waals surface area contributed by atoms with Gasteiger partial charge in [-0.2, -0.15) is 0 Å². The molecule has 2 N–H and O–H groups in total. The van der Waals surface area contributed by atoms with Crippen LogP contribution in [0.2, 0.25) is 0 Å². The van der Waals surface area contributed by atoms with Gasteiger partial charge >= 0.3 is 0 Å². The number of anilines is 1. The smallest absolute Gasteiger partial charge is 0.220 e. The molecule has 0 radical (unpaired) electrons. The first-order valence-corrected chi connectivity index (χ1v) is 6.95. The van der Waals surface area contributed by atoms with Crippen molar-refractivity contribution in [3.8, 4) is 0 Å². The number of aliphatic hydroxyl groups excluding tert-OH is 1. The zero-order valence-corrected chi connectivity index (χ0v) is 11.5. The van der Waals surface area contributed by atoms with E-state index in [0.717, 1.165) is 37.7 Å². The number of morpholine rings is 1. The molecule has 0 aliphatic carbocycles. The van der Waals surface area contributed by atoms with E-state index < -0.39 is 0 Å². The van der Waals surface area contributed by atoms with Crippen molar-refractivity contribution in [1.29, 1.82) is 0 Å². The summed E-state index contributed by atoms with van der Waals surface area (Å²) in [6, 6.07) is 3.95. The maximum absolute atomic E-state index is 11.4. The molecule has 1 amide bonds. The summed E-state index contributed by atoms with van der Waals surface area (Å²) in [6.07, 6.45) is 2.65. The second-order valence-electron chi connectivity index (χ2n) is 4.73. The molecule has 1 aromatic rings. The van der Waals surface area contributed by atoms with Gasteiger partial charge in [0.2, 0.25) is 5.91 Å². The second-order valence-corrected chi connectivity index (χ2v) is 4.73. The summed E-state index contributed by atoms with van der Waals surface area (Å²) in [7, 11) is 0. The highest BCUT2D eigenvalue weighted by molar-refractivity contribution is 5.75. The first-order valence-electron chi connectivity index (χ1n) is 6.95. The van der Waals surface area contributed by atoms with Crippen molar-refractivity contribution in [2.45, 2.75) is 19.4 Å². The van der Waals surface area contributed by atoms with Crippen molar-refractivity contribution in [1.82, 2.24) is 10.3 Å². The van der Waals surface area contributed by atoms with Gasteiger partial charge < -0.3 is 20.1 Å². The lowest BCUT2D eigenvalue weighted by Gasteiger charge is -2.27. The number of aliphatic hydroxyl groups is 1. The highest BCUT2D eigenvalue weighted by atomic mass is 16.5. The lowest BCUT2D eigenvalue weighted by molar-refractivity contribution is -0.121. The Morgan fingerprint density at radius 1 is 1.40 bits per heavy atom. The van der Waals surface area contributed by atoms with Crippen LogP contribution < -0.4 is 10.2 Å². The number of pyridine rings is 1. The summed E-state index contributed by atoms with van der Waals surface area (Å²) in [6.45, 7) is 3.73. The zero-order chi connectivity index (χ0) is 14.2. The van der Waals surface area contributed by atoms with Gasteiger partial charge in [0.1, 0.15) is 5.82 Å². The number of ether oxygens (including phenoxy) is 1. The minimum atomic E-state index is -0.0451. The van der Waals surface area contributed by atoms with Crippen molar-refractivity contribution in [3.63, 3.8) is 0 Å². The Labute approximate surface area is 118 Å². The van der Waals surface area contributed by atoms with E-state index in [1.54, 1.807) is 6.20 Å². The zero-order valence-electron chi connectivity index (χ0n) is 11.5. The first kappa shape index (κ1) is 14.7. The normalized spacial score (nSPS) is 15.2. The molecule has 1 aliphatic heterocycles. The third kappa shape index (κ3) is 4.47. The van der Waals surface area contributed by atoms with Gasteiger partial charge in [0.05, 0.1) is 13.2 Å². The van der Waals surface area contributed by atoms with E-state index in [1.165, 1.54) is 0 Å². The molecule has 110 valence electrons. The molecule has 6 nitrogen and oxygen atoms in total. The van der Waals surface area contributed by atoms with E-state index in [4.69, 9.17) is 9.84 Å². The number of carbonyl (C=O) groups is 1. The van der Waals surface area contributed by atoms with Crippen molar-refractivity contribution in [2.75, 3.05) is 37.8 Å². The summed E-state index contributed by atoms with van der Waals surface area (Å²) in [4.78, 5) is 18.0. The molecule has 1 aromatic heterocycles. The van der Waals surface area contributed by atoms with E-state index in [2.05, 4.69) is 15.2 Å². The highest BCUT2D eigenvalue weighted by Crippen LogP contribution is 2.12. The van der Waals surface area contributed by atoms with Crippen LogP contribution in [0.4, 0.5) is 5.82 Å². The average molecular weight is 279 g/mol. The van der Waals surface area contributed by atoms with Gasteiger partial charge in [-0.3, -0.25) is 4.79 Å². The fourth-order valence-electron chi connectivity index (χ4n) is 2.03. The van der Waals surface area contributed by atoms with Crippen LogP contribution in [0.25, 0.3) is 0 Å². The molecule has 6 heteroatoms. The molecule has 0 aromatic carbocycles. The van der Waals surface area contributed by atoms with Crippen molar-refractivity contribution in [2.24, 2.45) is 0 Å². The van der Waals surface area contributed by atoms with Crippen LogP contribution in [-0.4, -0.2) is 48.9 Å². The standard InChI is InChI=1S/C14H21N3O3/c18-7-1-2-14(19)16-11-12-3-4-13(15-10-12)17-5-8-20-9-6-17/h3-4,10,18H,1-2,5-9,11H2,(H,16,19). The van der Waals surface area contributed by atoms with Gasteiger partial charge in [-0.1, -0.05) is 6.07 Å². The van der Waals surface area contributed by atoms with Crippen LogP contribution in [0, 0.1) is 0 Å². The topological polar surface area (TPSA) is 74.7 Å². The lowest BCUT2D eigenvalue weighted by Crippen LogP contribution is -2.36. The Kier molecular flexibility index (Phi) is 5.76. The predicted octanol–water partition coefficient (Wildman–Crippen LogP) is 0.307. The summed E-state index contributed by atoms with van der Waals surface area (Å²) in [5.74, 6) is 0.903. The number of rotatable bonds is 6. The highest BCUT2D eigenvalue weighted by Gasteiger charge is 2.11. The predicted molar refractivity (Wildman–Crippen MR) is 75.4 cm³/mol. The molecule has 1 saturated heterocycles. The van der Waals surface area contributed by atoms with Gasteiger partial charge in [-0.25, -0.2) is 4.98 Å². The number of hydrogen-bond acceptors (Lipinski definition) is 5. The monoisotopic (exact) mass is 279 g/mol. The Morgan fingerprint density at radius 2 is 2.20 bits per heavy atom. The Balaban J connectivity index is 1.80. The van der Waals surface area contributed by atoms with Crippen LogP contribution in [0.15, 0.2) is 18.3 Å². The molecule has 0 unspecified atom stereocenters. The maximum atomic E-state index is 11.4. The van der Waals surface area contributed by atoms with Crippen LogP contribution >= 0.6 is 0 Å². The molecule has 0 bridgehead atoms. The van der Waals surface area contributed by atoms with Gasteiger partial charge in [-0.15, -0.1) is 0 Å². The van der Waals surface area contributed by atoms with Crippen molar-refractivity contribution in [3.05, 3.63) is 23.9 Å². The van der Waals surface area contributed by atoms with Gasteiger partial charge in [0.15, 0.2) is 0 Å². The summed E-state index contributed by atoms with van der Waals surface area (Å²) in [5, 5.41) is 11.5. The van der Waals surface area contributed by atoms with Gasteiger partial charge in [0, 0.05) is 38.9 Å². The van der Waals surface area contributed by atoms with Crippen LogP contribution in [0.3, 0.4) is 0 Å². The largest absolute Gasteiger partial charge is 0.396 e. The van der Waals surface area contributed by atoms with Crippen LogP contribution in [0.5, 0.6) is 0 Å². The molecule has 0 spiro atoms. The molecule has 20 heavy (non-hydrogen) atoms. The Morgan fingerprint density at radius 3 is 2.85 bits per heavy atom. The lowest BCUT2D eigenvalue weighted by atomic mass is 10.2. The number of carbonyl (C=O) groups excluding carboxylic acids is 1. The SMILES string of the molecule is O=C(CCCO)NCc1ccc(N2CCOCC2)nc1. The molecular weight excluding hydrogens is 258 g/mol. The fourth-order valence-corrected chi connectivity index (χ4v) is 2.03. The number of hydrogen-bond donors (Lipinski definition) is 2. The minimum Gasteiger partial charge on any atom is -0.396 e. The van der Waals surface area contributed by atoms with Crippen molar-refractivity contribution < 1.29 is 14.6 Å². The third-order valence-corrected chi connectivity index (χ3v) is 3.20. The van der Waals surface area contributed by atoms with Gasteiger partial charge in [0.25, 0.3) is 0 Å². The molecule has 1 fully saturated rings. The second kappa shape index (κ2) is 7.81. The van der Waals surface area contributed by atoms with E-state index in [9.17, 15) is 4.79 Å². The number of aromatic nitrogens is 1. The van der Waals surface area contributed by atoms with E-state index >= 15 is 0 Å². The molecular formula is C14H21N3O3. The van der Waals surface area contributed by atoms with Crippen LogP contribution in [0.1, 0.15) is 18.4 Å². The average Bonchev–Trinajstić information content (AvgIpc) is 2.52. The summed E-state index contributed by atoms with van der Waals surface area (Å²) >= 11 is 0. The molecule has 0 saturated carbocycles. The molecule has 2 rings (SSSR count). The number of amides is 1. The summed E-state index contributed by atoms with van der Waals surface area (Å²) < 4.78 is 5.31. The van der Waals surface area contributed by atoms with E-state index in [1.807, 2.05) is 12.1 Å². The quantitative estimate of drug-likeness (QED) is 0.784. The van der Waals surface area contributed by atoms with Crippen molar-refractivity contribution >= 4 is 11.7 Å². The van der Waals surface area contributed by atoms with Crippen LogP contribution in [-0.2, 0) is 16.1 Å². The summed E-state index contributed by atoms with van der Waals surface area (Å²) in [5.41, 5.74) is 0.972. The number of nitrogens with one attached hydrogen (secondary N) is 1. The Hall–Kier alpha value is -1.66. The fraction of sp³-hybridized carbons (Fsp3) is 0.571. The molecule has 0 atom stereocenters. The van der Waals surface area contributed by atoms with E-state index in [-0.39, 0.29) is 12.5 Å². The van der Waals surface area contributed by atoms with E-state index in [0.29, 0.717) is 19.4 Å². The Bertz CT molecular complexity index is 416. The minimum absolute atomic E-state index is 0.0449. The maximum Gasteiger partial charge on any atom is 0.220 e.